The molecule has 1 aromatic heterocycles. The van der Waals surface area contributed by atoms with Crippen LogP contribution in [0.4, 0.5) is 0 Å². The van der Waals surface area contributed by atoms with Gasteiger partial charge in [0, 0.05) is 36.5 Å². The van der Waals surface area contributed by atoms with E-state index in [1.54, 1.807) is 6.33 Å². The lowest BCUT2D eigenvalue weighted by atomic mass is 10.0. The van der Waals surface area contributed by atoms with Crippen molar-refractivity contribution in [3.63, 3.8) is 0 Å². The van der Waals surface area contributed by atoms with Crippen molar-refractivity contribution in [2.24, 2.45) is 5.92 Å². The van der Waals surface area contributed by atoms with E-state index in [0.717, 1.165) is 25.4 Å². The topological polar surface area (TPSA) is 37.8 Å². The van der Waals surface area contributed by atoms with Crippen molar-refractivity contribution in [2.75, 3.05) is 6.54 Å². The minimum Gasteiger partial charge on any atom is -0.312 e. The van der Waals surface area contributed by atoms with E-state index in [-0.39, 0.29) is 0 Å². The van der Waals surface area contributed by atoms with Gasteiger partial charge in [-0.05, 0) is 25.2 Å². The molecule has 0 bridgehead atoms. The van der Waals surface area contributed by atoms with Crippen LogP contribution in [0.3, 0.4) is 0 Å². The maximum Gasteiger partial charge on any atom is 0.115 e. The average Bonchev–Trinajstić information content (AvgIpc) is 3.03. The van der Waals surface area contributed by atoms with Gasteiger partial charge in [0.1, 0.15) is 6.33 Å². The molecular formula is C11H15N3. The molecule has 1 aromatic rings. The predicted octanol–water partition coefficient (Wildman–Crippen LogP) is 1.07. The van der Waals surface area contributed by atoms with E-state index in [4.69, 9.17) is 0 Å². The number of rotatable bonds is 2. The second-order valence-corrected chi connectivity index (χ2v) is 4.32. The maximum absolute atomic E-state index is 4.42. The summed E-state index contributed by atoms with van der Waals surface area (Å²) in [7, 11) is 0. The van der Waals surface area contributed by atoms with Crippen molar-refractivity contribution < 1.29 is 0 Å². The normalized spacial score (nSPS) is 20.6. The van der Waals surface area contributed by atoms with E-state index >= 15 is 0 Å². The lowest BCUT2D eigenvalue weighted by molar-refractivity contribution is 0.610. The van der Waals surface area contributed by atoms with Gasteiger partial charge in [0.15, 0.2) is 0 Å². The Labute approximate surface area is 84.0 Å². The zero-order valence-corrected chi connectivity index (χ0v) is 8.29. The third-order valence-electron chi connectivity index (χ3n) is 3.14. The summed E-state index contributed by atoms with van der Waals surface area (Å²) in [5.74, 6) is 0.913. The molecular weight excluding hydrogens is 174 g/mol. The minimum atomic E-state index is 0.913. The standard InChI is InChI=1S/C11H15N3/c1-2-8(1)5-11-9-6-12-4-3-10(9)13-7-14-11/h7-8,12H,1-6H2. The quantitative estimate of drug-likeness (QED) is 0.756. The molecule has 0 unspecified atom stereocenters. The van der Waals surface area contributed by atoms with Crippen LogP contribution in [0.25, 0.3) is 0 Å². The van der Waals surface area contributed by atoms with Gasteiger partial charge in [-0.15, -0.1) is 0 Å². The number of nitrogens with zero attached hydrogens (tertiary/aromatic N) is 2. The van der Waals surface area contributed by atoms with Crippen LogP contribution < -0.4 is 5.32 Å². The molecule has 0 saturated heterocycles. The van der Waals surface area contributed by atoms with E-state index < -0.39 is 0 Å². The summed E-state index contributed by atoms with van der Waals surface area (Å²) >= 11 is 0. The Hall–Kier alpha value is -0.960. The summed E-state index contributed by atoms with van der Waals surface area (Å²) in [4.78, 5) is 8.78. The molecule has 0 aromatic carbocycles. The van der Waals surface area contributed by atoms with Gasteiger partial charge in [0.25, 0.3) is 0 Å². The highest BCUT2D eigenvalue weighted by Crippen LogP contribution is 2.33. The van der Waals surface area contributed by atoms with Gasteiger partial charge in [-0.2, -0.15) is 0 Å². The molecule has 1 saturated carbocycles. The molecule has 3 nitrogen and oxygen atoms in total. The summed E-state index contributed by atoms with van der Waals surface area (Å²) in [5, 5.41) is 3.39. The second kappa shape index (κ2) is 3.31. The third-order valence-corrected chi connectivity index (χ3v) is 3.14. The summed E-state index contributed by atoms with van der Waals surface area (Å²) in [5.41, 5.74) is 3.95. The van der Waals surface area contributed by atoms with Crippen LogP contribution in [0.15, 0.2) is 6.33 Å². The Morgan fingerprint density at radius 2 is 2.29 bits per heavy atom. The fourth-order valence-electron chi connectivity index (χ4n) is 2.10. The SMILES string of the molecule is c1nc2c(c(CC3CC3)n1)CNCC2. The third kappa shape index (κ3) is 1.52. The van der Waals surface area contributed by atoms with E-state index in [2.05, 4.69) is 15.3 Å². The fraction of sp³-hybridized carbons (Fsp3) is 0.636. The van der Waals surface area contributed by atoms with Crippen LogP contribution in [0.1, 0.15) is 29.8 Å². The predicted molar refractivity (Wildman–Crippen MR) is 53.9 cm³/mol. The maximum atomic E-state index is 4.42. The van der Waals surface area contributed by atoms with Gasteiger partial charge in [-0.25, -0.2) is 9.97 Å². The summed E-state index contributed by atoms with van der Waals surface area (Å²) < 4.78 is 0. The molecule has 3 rings (SSSR count). The molecule has 1 fully saturated rings. The van der Waals surface area contributed by atoms with Gasteiger partial charge < -0.3 is 5.32 Å². The zero-order valence-electron chi connectivity index (χ0n) is 8.29. The van der Waals surface area contributed by atoms with Crippen molar-refractivity contribution in [1.82, 2.24) is 15.3 Å². The molecule has 2 aliphatic rings. The minimum absolute atomic E-state index is 0.913. The van der Waals surface area contributed by atoms with Crippen molar-refractivity contribution in [3.05, 3.63) is 23.3 Å². The van der Waals surface area contributed by atoms with Crippen LogP contribution >= 0.6 is 0 Å². The van der Waals surface area contributed by atoms with Crippen molar-refractivity contribution in [3.8, 4) is 0 Å². The molecule has 3 heteroatoms. The van der Waals surface area contributed by atoms with Crippen LogP contribution in [-0.4, -0.2) is 16.5 Å². The summed E-state index contributed by atoms with van der Waals surface area (Å²) in [6, 6.07) is 0. The van der Waals surface area contributed by atoms with Crippen LogP contribution in [0, 0.1) is 5.92 Å². The Kier molecular flexibility index (Phi) is 1.98. The first kappa shape index (κ1) is 8.36. The Morgan fingerprint density at radius 1 is 1.36 bits per heavy atom. The lowest BCUT2D eigenvalue weighted by Gasteiger charge is -2.18. The molecule has 2 heterocycles. The molecule has 1 aliphatic carbocycles. The first-order chi connectivity index (χ1) is 6.93. The van der Waals surface area contributed by atoms with Gasteiger partial charge in [-0.3, -0.25) is 0 Å². The highest BCUT2D eigenvalue weighted by molar-refractivity contribution is 5.27. The number of nitrogens with one attached hydrogen (secondary N) is 1. The first-order valence-corrected chi connectivity index (χ1v) is 5.46. The van der Waals surface area contributed by atoms with E-state index in [1.807, 2.05) is 0 Å². The molecule has 14 heavy (non-hydrogen) atoms. The highest BCUT2D eigenvalue weighted by Gasteiger charge is 2.24. The van der Waals surface area contributed by atoms with Crippen molar-refractivity contribution >= 4 is 0 Å². The number of hydrogen-bond acceptors (Lipinski definition) is 3. The number of aromatic nitrogens is 2. The molecule has 1 N–H and O–H groups in total. The van der Waals surface area contributed by atoms with Crippen LogP contribution in [-0.2, 0) is 19.4 Å². The largest absolute Gasteiger partial charge is 0.312 e. The fourth-order valence-corrected chi connectivity index (χ4v) is 2.10. The molecule has 0 spiro atoms. The summed E-state index contributed by atoms with van der Waals surface area (Å²) in [6.45, 7) is 2.03. The number of hydrogen-bond donors (Lipinski definition) is 1. The number of fused-ring (bicyclic) bond motifs is 1. The highest BCUT2D eigenvalue weighted by atomic mass is 14.9. The second-order valence-electron chi connectivity index (χ2n) is 4.32. The zero-order chi connectivity index (χ0) is 9.38. The van der Waals surface area contributed by atoms with Crippen LogP contribution in [0.2, 0.25) is 0 Å². The van der Waals surface area contributed by atoms with Crippen molar-refractivity contribution in [1.29, 1.82) is 0 Å². The molecule has 0 radical (unpaired) electrons. The van der Waals surface area contributed by atoms with Crippen molar-refractivity contribution in [2.45, 2.75) is 32.2 Å². The first-order valence-electron chi connectivity index (χ1n) is 5.46. The average molecular weight is 189 g/mol. The van der Waals surface area contributed by atoms with Gasteiger partial charge >= 0.3 is 0 Å². The smallest absolute Gasteiger partial charge is 0.115 e. The Balaban J connectivity index is 1.92. The lowest BCUT2D eigenvalue weighted by Crippen LogP contribution is -2.26. The Morgan fingerprint density at radius 3 is 3.14 bits per heavy atom. The van der Waals surface area contributed by atoms with Gasteiger partial charge in [0.2, 0.25) is 0 Å². The summed E-state index contributed by atoms with van der Waals surface area (Å²) in [6.07, 6.45) is 6.77. The van der Waals surface area contributed by atoms with E-state index in [0.29, 0.717) is 0 Å². The Bertz CT molecular complexity index is 344. The molecule has 74 valence electrons. The van der Waals surface area contributed by atoms with E-state index in [1.165, 1.54) is 36.2 Å². The molecule has 1 aliphatic heterocycles. The molecule has 0 amide bonds. The van der Waals surface area contributed by atoms with Gasteiger partial charge in [-0.1, -0.05) is 0 Å². The molecule has 0 atom stereocenters. The van der Waals surface area contributed by atoms with E-state index in [9.17, 15) is 0 Å². The van der Waals surface area contributed by atoms with Gasteiger partial charge in [0.05, 0.1) is 0 Å². The monoisotopic (exact) mass is 189 g/mol. The van der Waals surface area contributed by atoms with Crippen LogP contribution in [0.5, 0.6) is 0 Å².